The molecule has 0 fully saturated rings. The standard InChI is InChI=1S/C20H18F3N3O4/c1-28-14-7-8-16(29-2)15(10-14)24-19(27)18-17(30-3)11-26(25-18)13-6-4-5-12(9-13)20(21,22)23/h4-11H,1-3H3,(H,24,27). The molecule has 0 radical (unpaired) electrons. The molecule has 0 saturated heterocycles. The number of halogens is 3. The molecule has 30 heavy (non-hydrogen) atoms. The molecule has 3 aromatic rings. The van der Waals surface area contributed by atoms with Crippen LogP contribution in [0.2, 0.25) is 0 Å². The maximum Gasteiger partial charge on any atom is 0.416 e. The van der Waals surface area contributed by atoms with E-state index in [1.54, 1.807) is 18.2 Å². The normalized spacial score (nSPS) is 11.1. The molecule has 158 valence electrons. The lowest BCUT2D eigenvalue weighted by atomic mass is 10.2. The van der Waals surface area contributed by atoms with Gasteiger partial charge in [0.25, 0.3) is 5.91 Å². The van der Waals surface area contributed by atoms with E-state index in [9.17, 15) is 18.0 Å². The number of carbonyl (C=O) groups is 1. The summed E-state index contributed by atoms with van der Waals surface area (Å²) in [7, 11) is 4.25. The highest BCUT2D eigenvalue weighted by molar-refractivity contribution is 6.05. The lowest BCUT2D eigenvalue weighted by Crippen LogP contribution is -2.15. The number of ether oxygens (including phenoxy) is 3. The van der Waals surface area contributed by atoms with Crippen LogP contribution < -0.4 is 19.5 Å². The lowest BCUT2D eigenvalue weighted by molar-refractivity contribution is -0.137. The van der Waals surface area contributed by atoms with E-state index in [1.165, 1.54) is 39.7 Å². The maximum atomic E-state index is 13.0. The topological polar surface area (TPSA) is 74.6 Å². The highest BCUT2D eigenvalue weighted by Crippen LogP contribution is 2.32. The van der Waals surface area contributed by atoms with Gasteiger partial charge in [-0.2, -0.15) is 18.3 Å². The number of rotatable bonds is 6. The number of amides is 1. The first kappa shape index (κ1) is 21.0. The molecule has 0 aliphatic carbocycles. The van der Waals surface area contributed by atoms with Crippen molar-refractivity contribution in [3.8, 4) is 22.9 Å². The Balaban J connectivity index is 1.95. The number of hydrogen-bond donors (Lipinski definition) is 1. The molecule has 7 nitrogen and oxygen atoms in total. The predicted octanol–water partition coefficient (Wildman–Crippen LogP) is 4.17. The van der Waals surface area contributed by atoms with Gasteiger partial charge >= 0.3 is 6.18 Å². The summed E-state index contributed by atoms with van der Waals surface area (Å²) in [5.74, 6) is 0.337. The van der Waals surface area contributed by atoms with Crippen LogP contribution in [0.15, 0.2) is 48.7 Å². The molecule has 1 aromatic heterocycles. The number of aromatic nitrogens is 2. The summed E-state index contributed by atoms with van der Waals surface area (Å²) in [5.41, 5.74) is -0.486. The molecule has 1 N–H and O–H groups in total. The van der Waals surface area contributed by atoms with Gasteiger partial charge in [0, 0.05) is 6.07 Å². The van der Waals surface area contributed by atoms with Crippen LogP contribution in [0, 0.1) is 0 Å². The van der Waals surface area contributed by atoms with Crippen molar-refractivity contribution >= 4 is 11.6 Å². The number of nitrogens with one attached hydrogen (secondary N) is 1. The van der Waals surface area contributed by atoms with E-state index >= 15 is 0 Å². The fourth-order valence-corrected chi connectivity index (χ4v) is 2.72. The fraction of sp³-hybridized carbons (Fsp3) is 0.200. The second kappa shape index (κ2) is 8.36. The van der Waals surface area contributed by atoms with Gasteiger partial charge in [-0.15, -0.1) is 0 Å². The van der Waals surface area contributed by atoms with Gasteiger partial charge in [-0.3, -0.25) is 4.79 Å². The molecule has 0 spiro atoms. The van der Waals surface area contributed by atoms with E-state index in [0.29, 0.717) is 17.2 Å². The molecule has 0 aliphatic heterocycles. The SMILES string of the molecule is COc1ccc(OC)c(NC(=O)c2nn(-c3cccc(C(F)(F)F)c3)cc2OC)c1. The van der Waals surface area contributed by atoms with Crippen LogP contribution in [0.4, 0.5) is 18.9 Å². The van der Waals surface area contributed by atoms with Crippen molar-refractivity contribution in [2.24, 2.45) is 0 Å². The van der Waals surface area contributed by atoms with Gasteiger partial charge in [0.15, 0.2) is 11.4 Å². The number of alkyl halides is 3. The molecule has 0 saturated carbocycles. The Bertz CT molecular complexity index is 1060. The van der Waals surface area contributed by atoms with Gasteiger partial charge in [0.2, 0.25) is 0 Å². The Morgan fingerprint density at radius 2 is 1.73 bits per heavy atom. The number of anilines is 1. The van der Waals surface area contributed by atoms with Crippen molar-refractivity contribution in [3.63, 3.8) is 0 Å². The first-order chi connectivity index (χ1) is 14.3. The van der Waals surface area contributed by atoms with E-state index < -0.39 is 17.6 Å². The summed E-state index contributed by atoms with van der Waals surface area (Å²) in [6.45, 7) is 0. The molecule has 10 heteroatoms. The van der Waals surface area contributed by atoms with Gasteiger partial charge in [0.05, 0.1) is 44.5 Å². The minimum Gasteiger partial charge on any atom is -0.497 e. The summed E-state index contributed by atoms with van der Waals surface area (Å²) >= 11 is 0. The average Bonchev–Trinajstić information content (AvgIpc) is 3.18. The largest absolute Gasteiger partial charge is 0.497 e. The number of carbonyl (C=O) groups excluding carboxylic acids is 1. The predicted molar refractivity (Wildman–Crippen MR) is 103 cm³/mol. The number of nitrogens with zero attached hydrogens (tertiary/aromatic N) is 2. The smallest absolute Gasteiger partial charge is 0.416 e. The highest BCUT2D eigenvalue weighted by atomic mass is 19.4. The Kier molecular flexibility index (Phi) is 5.86. The van der Waals surface area contributed by atoms with Crippen molar-refractivity contribution in [1.29, 1.82) is 0 Å². The average molecular weight is 421 g/mol. The fourth-order valence-electron chi connectivity index (χ4n) is 2.72. The van der Waals surface area contributed by atoms with Crippen molar-refractivity contribution in [1.82, 2.24) is 9.78 Å². The van der Waals surface area contributed by atoms with Crippen molar-refractivity contribution in [3.05, 3.63) is 59.9 Å². The summed E-state index contributed by atoms with van der Waals surface area (Å²) < 4.78 is 55.7. The molecule has 0 atom stereocenters. The zero-order chi connectivity index (χ0) is 21.9. The van der Waals surface area contributed by atoms with Crippen LogP contribution in [0.3, 0.4) is 0 Å². The Labute approximate surface area is 170 Å². The molecule has 1 amide bonds. The zero-order valence-corrected chi connectivity index (χ0v) is 16.3. The highest BCUT2D eigenvalue weighted by Gasteiger charge is 2.31. The molecule has 2 aromatic carbocycles. The molecule has 0 aliphatic rings. The summed E-state index contributed by atoms with van der Waals surface area (Å²) in [5, 5.41) is 6.76. The molecular weight excluding hydrogens is 403 g/mol. The van der Waals surface area contributed by atoms with Gasteiger partial charge in [-0.25, -0.2) is 4.68 Å². The first-order valence-corrected chi connectivity index (χ1v) is 8.61. The van der Waals surface area contributed by atoms with Crippen molar-refractivity contribution < 1.29 is 32.2 Å². The minimum atomic E-state index is -4.50. The summed E-state index contributed by atoms with van der Waals surface area (Å²) in [4.78, 5) is 12.8. The van der Waals surface area contributed by atoms with Crippen LogP contribution in [0.5, 0.6) is 17.2 Å². The number of benzene rings is 2. The van der Waals surface area contributed by atoms with E-state index in [2.05, 4.69) is 10.4 Å². The van der Waals surface area contributed by atoms with E-state index in [-0.39, 0.29) is 17.1 Å². The van der Waals surface area contributed by atoms with Crippen LogP contribution in [0.1, 0.15) is 16.1 Å². The van der Waals surface area contributed by atoms with Gasteiger partial charge in [-0.1, -0.05) is 6.07 Å². The zero-order valence-electron chi connectivity index (χ0n) is 16.3. The minimum absolute atomic E-state index is 0.0896. The third kappa shape index (κ3) is 4.32. The van der Waals surface area contributed by atoms with Crippen LogP contribution in [0.25, 0.3) is 5.69 Å². The Morgan fingerprint density at radius 3 is 2.37 bits per heavy atom. The molecular formula is C20H18F3N3O4. The van der Waals surface area contributed by atoms with Gasteiger partial charge in [-0.05, 0) is 30.3 Å². The first-order valence-electron chi connectivity index (χ1n) is 8.61. The Morgan fingerprint density at radius 1 is 1.00 bits per heavy atom. The van der Waals surface area contributed by atoms with Gasteiger partial charge in [0.1, 0.15) is 11.5 Å². The van der Waals surface area contributed by atoms with E-state index in [4.69, 9.17) is 14.2 Å². The van der Waals surface area contributed by atoms with Gasteiger partial charge < -0.3 is 19.5 Å². The van der Waals surface area contributed by atoms with E-state index in [1.807, 2.05) is 0 Å². The van der Waals surface area contributed by atoms with Crippen LogP contribution >= 0.6 is 0 Å². The molecule has 3 rings (SSSR count). The van der Waals surface area contributed by atoms with Crippen LogP contribution in [-0.2, 0) is 6.18 Å². The Hall–Kier alpha value is -3.69. The third-order valence-corrected chi connectivity index (χ3v) is 4.21. The summed E-state index contributed by atoms with van der Waals surface area (Å²) in [6, 6.07) is 9.42. The second-order valence-corrected chi connectivity index (χ2v) is 6.06. The number of hydrogen-bond acceptors (Lipinski definition) is 5. The quantitative estimate of drug-likeness (QED) is 0.647. The molecule has 1 heterocycles. The van der Waals surface area contributed by atoms with Crippen molar-refractivity contribution in [2.45, 2.75) is 6.18 Å². The molecule has 0 unspecified atom stereocenters. The monoisotopic (exact) mass is 421 g/mol. The van der Waals surface area contributed by atoms with Crippen LogP contribution in [-0.4, -0.2) is 37.0 Å². The maximum absolute atomic E-state index is 13.0. The van der Waals surface area contributed by atoms with Crippen molar-refractivity contribution in [2.75, 3.05) is 26.6 Å². The van der Waals surface area contributed by atoms with E-state index in [0.717, 1.165) is 16.8 Å². The number of methoxy groups -OCH3 is 3. The lowest BCUT2D eigenvalue weighted by Gasteiger charge is -2.11. The second-order valence-electron chi connectivity index (χ2n) is 6.06. The summed E-state index contributed by atoms with van der Waals surface area (Å²) in [6.07, 6.45) is -3.18. The third-order valence-electron chi connectivity index (χ3n) is 4.21. The molecule has 0 bridgehead atoms.